The Morgan fingerprint density at radius 2 is 2.00 bits per heavy atom. The molecule has 1 N–H and O–H groups in total. The maximum Gasteiger partial charge on any atom is 0.170 e. The molecule has 0 atom stereocenters. The zero-order valence-corrected chi connectivity index (χ0v) is 8.74. The number of aldehydes is 1. The van der Waals surface area contributed by atoms with Crippen molar-refractivity contribution in [1.82, 2.24) is 9.97 Å². The number of rotatable bonds is 2. The van der Waals surface area contributed by atoms with Gasteiger partial charge in [-0.1, -0.05) is 24.3 Å². The molecule has 0 aliphatic carbocycles. The Balaban J connectivity index is 2.55. The molecule has 0 aliphatic rings. The third-order valence-corrected chi connectivity index (χ3v) is 2.43. The van der Waals surface area contributed by atoms with Gasteiger partial charge in [0.1, 0.15) is 11.5 Å². The summed E-state index contributed by atoms with van der Waals surface area (Å²) in [7, 11) is 0. The highest BCUT2D eigenvalue weighted by Crippen LogP contribution is 2.20. The first-order chi connectivity index (χ1) is 7.22. The summed E-state index contributed by atoms with van der Waals surface area (Å²) in [5.41, 5.74) is 3.47. The number of H-pyrrole nitrogens is 1. The maximum absolute atomic E-state index is 10.7. The van der Waals surface area contributed by atoms with E-state index in [1.807, 2.05) is 38.1 Å². The average molecular weight is 200 g/mol. The molecule has 0 bridgehead atoms. The number of imidazole rings is 1. The van der Waals surface area contributed by atoms with Gasteiger partial charge in [0, 0.05) is 11.3 Å². The van der Waals surface area contributed by atoms with E-state index < -0.39 is 0 Å². The van der Waals surface area contributed by atoms with E-state index in [4.69, 9.17) is 0 Å². The van der Waals surface area contributed by atoms with Gasteiger partial charge >= 0.3 is 0 Å². The van der Waals surface area contributed by atoms with Crippen molar-refractivity contribution in [1.29, 1.82) is 0 Å². The first-order valence-corrected chi connectivity index (χ1v) is 4.80. The fraction of sp³-hybridized carbons (Fsp3) is 0.167. The molecule has 0 aliphatic heterocycles. The second kappa shape index (κ2) is 3.69. The Morgan fingerprint density at radius 3 is 2.60 bits per heavy atom. The van der Waals surface area contributed by atoms with Crippen molar-refractivity contribution in [3.63, 3.8) is 0 Å². The molecule has 0 spiro atoms. The standard InChI is InChI=1S/C12H12N2O/c1-8-5-3-4-6-10(8)12-13-9(2)11(7-15)14-12/h3-7H,1-2H3,(H,13,14). The highest BCUT2D eigenvalue weighted by Gasteiger charge is 2.08. The van der Waals surface area contributed by atoms with Gasteiger partial charge < -0.3 is 4.98 Å². The van der Waals surface area contributed by atoms with Crippen LogP contribution in [0.3, 0.4) is 0 Å². The quantitative estimate of drug-likeness (QED) is 0.757. The van der Waals surface area contributed by atoms with E-state index in [0.717, 1.165) is 28.9 Å². The van der Waals surface area contributed by atoms with Gasteiger partial charge in [-0.2, -0.15) is 0 Å². The fourth-order valence-electron chi connectivity index (χ4n) is 1.55. The summed E-state index contributed by atoms with van der Waals surface area (Å²) in [4.78, 5) is 18.0. The summed E-state index contributed by atoms with van der Waals surface area (Å²) in [5, 5.41) is 0. The van der Waals surface area contributed by atoms with Crippen molar-refractivity contribution in [2.45, 2.75) is 13.8 Å². The van der Waals surface area contributed by atoms with Gasteiger partial charge in [0.25, 0.3) is 0 Å². The number of carbonyl (C=O) groups is 1. The summed E-state index contributed by atoms with van der Waals surface area (Å²) in [5.74, 6) is 0.757. The number of carbonyl (C=O) groups excluding carboxylic acids is 1. The molecule has 0 saturated carbocycles. The predicted octanol–water partition coefficient (Wildman–Crippen LogP) is 2.51. The number of hydrogen-bond acceptors (Lipinski definition) is 2. The smallest absolute Gasteiger partial charge is 0.170 e. The average Bonchev–Trinajstić information content (AvgIpc) is 2.60. The van der Waals surface area contributed by atoms with E-state index in [1.54, 1.807) is 0 Å². The third kappa shape index (κ3) is 1.68. The van der Waals surface area contributed by atoms with Gasteiger partial charge in [-0.25, -0.2) is 4.98 Å². The van der Waals surface area contributed by atoms with Crippen LogP contribution in [0.2, 0.25) is 0 Å². The van der Waals surface area contributed by atoms with Crippen LogP contribution in [-0.4, -0.2) is 16.3 Å². The van der Waals surface area contributed by atoms with Crippen molar-refractivity contribution in [2.75, 3.05) is 0 Å². The molecule has 15 heavy (non-hydrogen) atoms. The van der Waals surface area contributed by atoms with Crippen LogP contribution in [0.5, 0.6) is 0 Å². The topological polar surface area (TPSA) is 45.8 Å². The zero-order chi connectivity index (χ0) is 10.8. The second-order valence-corrected chi connectivity index (χ2v) is 3.53. The van der Waals surface area contributed by atoms with Crippen LogP contribution in [0, 0.1) is 13.8 Å². The number of nitrogens with zero attached hydrogens (tertiary/aromatic N) is 1. The first-order valence-electron chi connectivity index (χ1n) is 4.80. The van der Waals surface area contributed by atoms with Crippen LogP contribution in [0.15, 0.2) is 24.3 Å². The molecule has 1 aromatic heterocycles. The van der Waals surface area contributed by atoms with E-state index in [1.165, 1.54) is 0 Å². The molecule has 0 unspecified atom stereocenters. The van der Waals surface area contributed by atoms with Gasteiger partial charge in [0.05, 0.1) is 0 Å². The van der Waals surface area contributed by atoms with Crippen LogP contribution in [0.4, 0.5) is 0 Å². The van der Waals surface area contributed by atoms with Crippen LogP contribution >= 0.6 is 0 Å². The first kappa shape index (κ1) is 9.65. The van der Waals surface area contributed by atoms with Gasteiger partial charge in [-0.05, 0) is 19.4 Å². The largest absolute Gasteiger partial charge is 0.341 e. The minimum atomic E-state index is 0.480. The predicted molar refractivity (Wildman–Crippen MR) is 58.9 cm³/mol. The third-order valence-electron chi connectivity index (χ3n) is 2.43. The van der Waals surface area contributed by atoms with Crippen LogP contribution in [0.1, 0.15) is 21.7 Å². The van der Waals surface area contributed by atoms with Crippen LogP contribution in [0.25, 0.3) is 11.4 Å². The minimum Gasteiger partial charge on any atom is -0.341 e. The highest BCUT2D eigenvalue weighted by molar-refractivity contribution is 5.76. The second-order valence-electron chi connectivity index (χ2n) is 3.53. The van der Waals surface area contributed by atoms with Crippen molar-refractivity contribution < 1.29 is 4.79 Å². The lowest BCUT2D eigenvalue weighted by Gasteiger charge is -2.00. The SMILES string of the molecule is Cc1ccccc1-c1nc(C=O)c(C)[nH]1. The lowest BCUT2D eigenvalue weighted by Crippen LogP contribution is -1.85. The normalized spacial score (nSPS) is 10.3. The Labute approximate surface area is 88.2 Å². The molecule has 0 fully saturated rings. The number of aryl methyl sites for hydroxylation is 2. The molecule has 1 heterocycles. The van der Waals surface area contributed by atoms with Crippen LogP contribution in [-0.2, 0) is 0 Å². The van der Waals surface area contributed by atoms with E-state index in [9.17, 15) is 4.79 Å². The number of aromatic nitrogens is 2. The van der Waals surface area contributed by atoms with Crippen LogP contribution < -0.4 is 0 Å². The Kier molecular flexibility index (Phi) is 2.37. The Bertz CT molecular complexity index is 500. The number of hydrogen-bond donors (Lipinski definition) is 1. The van der Waals surface area contributed by atoms with Crippen molar-refractivity contribution in [3.05, 3.63) is 41.2 Å². The monoisotopic (exact) mass is 200 g/mol. The maximum atomic E-state index is 10.7. The molecule has 1 aromatic carbocycles. The van der Waals surface area contributed by atoms with Gasteiger partial charge in [0.15, 0.2) is 6.29 Å². The van der Waals surface area contributed by atoms with E-state index >= 15 is 0 Å². The van der Waals surface area contributed by atoms with Crippen molar-refractivity contribution >= 4 is 6.29 Å². The molecule has 0 radical (unpaired) electrons. The van der Waals surface area contributed by atoms with E-state index in [2.05, 4.69) is 9.97 Å². The van der Waals surface area contributed by atoms with Gasteiger partial charge in [-0.15, -0.1) is 0 Å². The lowest BCUT2D eigenvalue weighted by atomic mass is 10.1. The van der Waals surface area contributed by atoms with Gasteiger partial charge in [-0.3, -0.25) is 4.79 Å². The Morgan fingerprint density at radius 1 is 1.27 bits per heavy atom. The summed E-state index contributed by atoms with van der Waals surface area (Å²) in [6.45, 7) is 3.87. The molecule has 76 valence electrons. The number of aromatic amines is 1. The highest BCUT2D eigenvalue weighted by atomic mass is 16.1. The molecular weight excluding hydrogens is 188 g/mol. The van der Waals surface area contributed by atoms with Crippen molar-refractivity contribution in [3.8, 4) is 11.4 Å². The molecule has 2 aromatic rings. The minimum absolute atomic E-state index is 0.480. The summed E-state index contributed by atoms with van der Waals surface area (Å²) in [6, 6.07) is 7.95. The Hall–Kier alpha value is -1.90. The summed E-state index contributed by atoms with van der Waals surface area (Å²) < 4.78 is 0. The molecule has 0 amide bonds. The molecule has 3 nitrogen and oxygen atoms in total. The summed E-state index contributed by atoms with van der Waals surface area (Å²) in [6.07, 6.45) is 0.771. The van der Waals surface area contributed by atoms with Gasteiger partial charge in [0.2, 0.25) is 0 Å². The van der Waals surface area contributed by atoms with E-state index in [-0.39, 0.29) is 0 Å². The molecule has 3 heteroatoms. The lowest BCUT2D eigenvalue weighted by molar-refractivity contribution is 0.111. The van der Waals surface area contributed by atoms with E-state index in [0.29, 0.717) is 5.69 Å². The zero-order valence-electron chi connectivity index (χ0n) is 8.74. The molecular formula is C12H12N2O. The fourth-order valence-corrected chi connectivity index (χ4v) is 1.55. The van der Waals surface area contributed by atoms with Crippen molar-refractivity contribution in [2.24, 2.45) is 0 Å². The number of benzene rings is 1. The number of nitrogens with one attached hydrogen (secondary N) is 1. The molecule has 2 rings (SSSR count). The molecule has 0 saturated heterocycles. The summed E-state index contributed by atoms with van der Waals surface area (Å²) >= 11 is 0.